The van der Waals surface area contributed by atoms with Crippen LogP contribution in [0.4, 0.5) is 16.2 Å². The van der Waals surface area contributed by atoms with Crippen LogP contribution in [0, 0.1) is 0 Å². The lowest BCUT2D eigenvalue weighted by Crippen LogP contribution is -2.40. The van der Waals surface area contributed by atoms with Crippen LogP contribution >= 0.6 is 11.3 Å². The van der Waals surface area contributed by atoms with Gasteiger partial charge in [0.1, 0.15) is 5.01 Å². The predicted octanol–water partition coefficient (Wildman–Crippen LogP) is 5.12. The fourth-order valence-electron chi connectivity index (χ4n) is 4.10. The summed E-state index contributed by atoms with van der Waals surface area (Å²) in [7, 11) is -8.17. The van der Waals surface area contributed by atoms with E-state index >= 15 is 0 Å². The van der Waals surface area contributed by atoms with Gasteiger partial charge in [-0.15, -0.1) is 11.3 Å². The fourth-order valence-corrected chi connectivity index (χ4v) is 8.54. The number of thiazole rings is 1. The highest BCUT2D eigenvalue weighted by atomic mass is 32.2. The molecule has 0 atom stereocenters. The molecule has 0 spiro atoms. The molecule has 3 amide bonds. The summed E-state index contributed by atoms with van der Waals surface area (Å²) in [5.74, 6) is -0.359. The molecular weight excluding hydrogens is 625 g/mol. The van der Waals surface area contributed by atoms with E-state index in [2.05, 4.69) is 30.4 Å². The molecule has 12 nitrogen and oxygen atoms in total. The average Bonchev–Trinajstić information content (AvgIpc) is 3.30. The molecule has 44 heavy (non-hydrogen) atoms. The summed E-state index contributed by atoms with van der Waals surface area (Å²) in [6.07, 6.45) is 1.47. The molecule has 2 aromatic carbocycles. The van der Waals surface area contributed by atoms with Gasteiger partial charge in [-0.1, -0.05) is 6.07 Å². The molecule has 0 aliphatic heterocycles. The zero-order valence-corrected chi connectivity index (χ0v) is 28.7. The SMILES string of the molecule is CC(=O)Nc1ccc(-c2cnc(-c3ccc(NC(=O)NC(C)C)cc3S(=O)(=O)NC(C)(C)C)s2)c(S(=O)(=O)NC(C)(C)C)c1. The minimum absolute atomic E-state index is 0.0770. The van der Waals surface area contributed by atoms with Gasteiger partial charge in [0.2, 0.25) is 26.0 Å². The van der Waals surface area contributed by atoms with Crippen molar-refractivity contribution in [3.63, 3.8) is 0 Å². The summed E-state index contributed by atoms with van der Waals surface area (Å²) in [6.45, 7) is 15.2. The Morgan fingerprint density at radius 1 is 0.773 bits per heavy atom. The van der Waals surface area contributed by atoms with E-state index in [-0.39, 0.29) is 33.0 Å². The lowest BCUT2D eigenvalue weighted by Gasteiger charge is -2.22. The lowest BCUT2D eigenvalue weighted by atomic mass is 10.1. The van der Waals surface area contributed by atoms with Crippen LogP contribution in [0.25, 0.3) is 21.0 Å². The Bertz CT molecular complexity index is 1770. The molecule has 15 heteroatoms. The topological polar surface area (TPSA) is 175 Å². The van der Waals surface area contributed by atoms with Crippen LogP contribution in [0.5, 0.6) is 0 Å². The minimum atomic E-state index is -4.10. The van der Waals surface area contributed by atoms with Crippen molar-refractivity contribution in [1.82, 2.24) is 19.7 Å². The summed E-state index contributed by atoms with van der Waals surface area (Å²) in [6, 6.07) is 8.37. The molecule has 5 N–H and O–H groups in total. The molecule has 0 saturated carbocycles. The molecule has 1 aromatic heterocycles. The number of carbonyl (C=O) groups excluding carboxylic acids is 2. The van der Waals surface area contributed by atoms with Crippen LogP contribution in [0.1, 0.15) is 62.3 Å². The van der Waals surface area contributed by atoms with Gasteiger partial charge < -0.3 is 16.0 Å². The fraction of sp³-hybridized carbons (Fsp3) is 0.414. The van der Waals surface area contributed by atoms with Crippen molar-refractivity contribution < 1.29 is 26.4 Å². The summed E-state index contributed by atoms with van der Waals surface area (Å²) in [5.41, 5.74) is -0.453. The van der Waals surface area contributed by atoms with Crippen molar-refractivity contribution in [3.05, 3.63) is 42.6 Å². The first-order valence-corrected chi connectivity index (χ1v) is 17.5. The summed E-state index contributed by atoms with van der Waals surface area (Å²) in [4.78, 5) is 28.8. The number of rotatable bonds is 9. The number of carbonyl (C=O) groups is 2. The van der Waals surface area contributed by atoms with E-state index in [1.165, 1.54) is 25.3 Å². The standard InChI is InChI=1S/C29H40N6O6S3/c1-17(2)31-27(37)33-20-11-13-22(25(15-20)44(40,41)35-29(7,8)9)26-30-16-23(42-26)21-12-10-19(32-18(3)36)14-24(21)43(38,39)34-28(4,5)6/h10-17,34-35H,1-9H3,(H,32,36)(H2,31,33,37). The molecule has 240 valence electrons. The zero-order chi connectivity index (χ0) is 33.3. The third kappa shape index (κ3) is 9.56. The Labute approximate surface area is 263 Å². The maximum Gasteiger partial charge on any atom is 0.319 e. The Hall–Kier alpha value is -3.37. The molecule has 0 radical (unpaired) electrons. The van der Waals surface area contributed by atoms with E-state index in [0.717, 1.165) is 11.3 Å². The van der Waals surface area contributed by atoms with Crippen molar-refractivity contribution in [2.45, 2.75) is 89.2 Å². The number of nitrogens with zero attached hydrogens (tertiary/aromatic N) is 1. The number of benzene rings is 2. The van der Waals surface area contributed by atoms with E-state index in [9.17, 15) is 26.4 Å². The molecule has 3 aromatic rings. The van der Waals surface area contributed by atoms with Gasteiger partial charge in [0.05, 0.1) is 14.7 Å². The number of nitrogens with one attached hydrogen (secondary N) is 5. The Morgan fingerprint density at radius 2 is 1.25 bits per heavy atom. The average molecular weight is 665 g/mol. The van der Waals surface area contributed by atoms with Gasteiger partial charge in [0.25, 0.3) is 0 Å². The van der Waals surface area contributed by atoms with Crippen molar-refractivity contribution in [1.29, 1.82) is 0 Å². The maximum absolute atomic E-state index is 13.6. The first-order valence-electron chi connectivity index (χ1n) is 13.7. The van der Waals surface area contributed by atoms with Gasteiger partial charge >= 0.3 is 6.03 Å². The highest BCUT2D eigenvalue weighted by Gasteiger charge is 2.29. The van der Waals surface area contributed by atoms with Crippen molar-refractivity contribution in [2.75, 3.05) is 10.6 Å². The quantitative estimate of drug-likeness (QED) is 0.211. The van der Waals surface area contributed by atoms with E-state index in [0.29, 0.717) is 21.1 Å². The summed E-state index contributed by atoms with van der Waals surface area (Å²) < 4.78 is 59.5. The highest BCUT2D eigenvalue weighted by molar-refractivity contribution is 7.90. The van der Waals surface area contributed by atoms with Crippen LogP contribution in [0.2, 0.25) is 0 Å². The summed E-state index contributed by atoms with van der Waals surface area (Å²) >= 11 is 1.10. The van der Waals surface area contributed by atoms with E-state index < -0.39 is 37.2 Å². The molecular formula is C29H40N6O6S3. The first-order chi connectivity index (χ1) is 20.1. The number of hydrogen-bond donors (Lipinski definition) is 5. The van der Waals surface area contributed by atoms with Gasteiger partial charge in [-0.2, -0.15) is 0 Å². The van der Waals surface area contributed by atoms with Crippen molar-refractivity contribution >= 4 is 54.7 Å². The number of aromatic nitrogens is 1. The molecule has 0 saturated heterocycles. The normalized spacial score (nSPS) is 12.7. The predicted molar refractivity (Wildman–Crippen MR) is 175 cm³/mol. The van der Waals surface area contributed by atoms with Crippen LogP contribution in [-0.4, -0.2) is 50.9 Å². The van der Waals surface area contributed by atoms with Crippen LogP contribution in [-0.2, 0) is 24.8 Å². The Balaban J connectivity index is 2.18. The molecule has 3 rings (SSSR count). The number of anilines is 2. The molecule has 0 bridgehead atoms. The second-order valence-electron chi connectivity index (χ2n) is 12.6. The highest BCUT2D eigenvalue weighted by Crippen LogP contribution is 2.39. The van der Waals surface area contributed by atoms with Crippen LogP contribution in [0.3, 0.4) is 0 Å². The second kappa shape index (κ2) is 12.9. The molecule has 0 aliphatic carbocycles. The Kier molecular flexibility index (Phi) is 10.3. The second-order valence-corrected chi connectivity index (χ2v) is 16.9. The van der Waals surface area contributed by atoms with Gasteiger partial charge in [-0.25, -0.2) is 36.1 Å². The van der Waals surface area contributed by atoms with E-state index in [4.69, 9.17) is 0 Å². The maximum atomic E-state index is 13.6. The first kappa shape index (κ1) is 35.1. The van der Waals surface area contributed by atoms with E-state index in [1.807, 2.05) is 0 Å². The largest absolute Gasteiger partial charge is 0.336 e. The van der Waals surface area contributed by atoms with Gasteiger partial charge in [-0.3, -0.25) is 4.79 Å². The third-order valence-corrected chi connectivity index (χ3v) is 10.1. The molecule has 0 unspecified atom stereocenters. The lowest BCUT2D eigenvalue weighted by molar-refractivity contribution is -0.114. The van der Waals surface area contributed by atoms with Crippen LogP contribution in [0.15, 0.2) is 52.4 Å². The van der Waals surface area contributed by atoms with Crippen molar-refractivity contribution in [2.24, 2.45) is 0 Å². The minimum Gasteiger partial charge on any atom is -0.336 e. The van der Waals surface area contributed by atoms with Crippen LogP contribution < -0.4 is 25.4 Å². The summed E-state index contributed by atoms with van der Waals surface area (Å²) in [5, 5.41) is 8.28. The smallest absolute Gasteiger partial charge is 0.319 e. The monoisotopic (exact) mass is 664 g/mol. The molecule has 0 fully saturated rings. The Morgan fingerprint density at radius 3 is 1.73 bits per heavy atom. The molecule has 0 aliphatic rings. The number of urea groups is 1. The number of amides is 3. The molecule has 1 heterocycles. The number of hydrogen-bond acceptors (Lipinski definition) is 8. The van der Waals surface area contributed by atoms with Gasteiger partial charge in [0.15, 0.2) is 0 Å². The van der Waals surface area contributed by atoms with Gasteiger partial charge in [-0.05, 0) is 85.7 Å². The number of sulfonamides is 2. The third-order valence-electron chi connectivity index (χ3n) is 5.42. The van der Waals surface area contributed by atoms with E-state index in [1.54, 1.807) is 79.7 Å². The van der Waals surface area contributed by atoms with Gasteiger partial charge in [0, 0.05) is 52.7 Å². The zero-order valence-electron chi connectivity index (χ0n) is 26.2. The van der Waals surface area contributed by atoms with Crippen molar-refractivity contribution in [3.8, 4) is 21.0 Å².